The summed E-state index contributed by atoms with van der Waals surface area (Å²) in [5.41, 5.74) is 0. The van der Waals surface area contributed by atoms with Crippen LogP contribution in [0.25, 0.3) is 0 Å². The Morgan fingerprint density at radius 2 is 1.67 bits per heavy atom. The quantitative estimate of drug-likeness (QED) is 0.453. The van der Waals surface area contributed by atoms with Gasteiger partial charge in [0, 0.05) is 13.1 Å². The van der Waals surface area contributed by atoms with E-state index in [2.05, 4.69) is 9.80 Å². The van der Waals surface area contributed by atoms with Crippen molar-refractivity contribution in [3.05, 3.63) is 0 Å². The van der Waals surface area contributed by atoms with Crippen molar-refractivity contribution in [1.29, 1.82) is 0 Å². The average Bonchev–Trinajstić information content (AvgIpc) is 1.88. The molecule has 3 heteroatoms. The molecule has 0 radical (unpaired) electrons. The largest absolute Gasteiger partial charge is 0.351 e. The van der Waals surface area contributed by atoms with Crippen LogP contribution in [0, 0.1) is 0 Å². The van der Waals surface area contributed by atoms with Gasteiger partial charge in [0.2, 0.25) is 0 Å². The minimum atomic E-state index is 0.844. The molecule has 0 N–H and O–H groups in total. The molecule has 2 bridgehead atoms. The van der Waals surface area contributed by atoms with Crippen LogP contribution in [0.1, 0.15) is 6.42 Å². The van der Waals surface area contributed by atoms with Gasteiger partial charge in [-0.2, -0.15) is 0 Å². The molecule has 0 aliphatic carbocycles. The highest BCUT2D eigenvalue weighted by Gasteiger charge is 2.20. The summed E-state index contributed by atoms with van der Waals surface area (Å²) in [5.74, 6) is 0. The fourth-order valence-corrected chi connectivity index (χ4v) is 1.45. The molecule has 2 heterocycles. The van der Waals surface area contributed by atoms with Crippen molar-refractivity contribution in [2.45, 2.75) is 6.42 Å². The van der Waals surface area contributed by atoms with Crippen molar-refractivity contribution in [3.63, 3.8) is 0 Å². The van der Waals surface area contributed by atoms with E-state index >= 15 is 0 Å². The molecule has 0 aromatic carbocycles. The third-order valence-corrected chi connectivity index (χ3v) is 1.90. The molecule has 2 aliphatic heterocycles. The SMILES string of the molecule is C1CN2COCN(C1)C2. The first kappa shape index (κ1) is 5.65. The summed E-state index contributed by atoms with van der Waals surface area (Å²) in [5, 5.41) is 0. The van der Waals surface area contributed by atoms with Gasteiger partial charge in [0.25, 0.3) is 0 Å². The average molecular weight is 128 g/mol. The number of rotatable bonds is 0. The van der Waals surface area contributed by atoms with Gasteiger partial charge >= 0.3 is 0 Å². The minimum Gasteiger partial charge on any atom is -0.351 e. The van der Waals surface area contributed by atoms with Gasteiger partial charge in [-0.25, -0.2) is 0 Å². The predicted octanol–water partition coefficient (Wildman–Crippen LogP) is -0.103. The topological polar surface area (TPSA) is 15.7 Å². The van der Waals surface area contributed by atoms with E-state index in [0.717, 1.165) is 20.1 Å². The molecule has 0 amide bonds. The van der Waals surface area contributed by atoms with Gasteiger partial charge in [0.15, 0.2) is 0 Å². The number of ether oxygens (including phenoxy) is 1. The smallest absolute Gasteiger partial charge is 0.102 e. The molecule has 2 atom stereocenters. The standard InChI is InChI=1S/C6H12N2O/c1-2-7-4-8(3-1)6-9-5-7/h1-6H2. The minimum absolute atomic E-state index is 0.844. The molecule has 0 aromatic heterocycles. The first-order valence-corrected chi connectivity index (χ1v) is 3.47. The maximum atomic E-state index is 5.29. The van der Waals surface area contributed by atoms with Gasteiger partial charge in [0.1, 0.15) is 13.5 Å². The molecule has 2 rings (SSSR count). The monoisotopic (exact) mass is 128 g/mol. The second kappa shape index (κ2) is 2.25. The van der Waals surface area contributed by atoms with E-state index in [0.29, 0.717) is 0 Å². The lowest BCUT2D eigenvalue weighted by molar-refractivity contribution is -0.130. The van der Waals surface area contributed by atoms with Crippen LogP contribution in [-0.4, -0.2) is 43.0 Å². The molecule has 0 spiro atoms. The highest BCUT2D eigenvalue weighted by molar-refractivity contribution is 4.66. The molecule has 2 fully saturated rings. The molecular weight excluding hydrogens is 116 g/mol. The van der Waals surface area contributed by atoms with E-state index in [9.17, 15) is 0 Å². The van der Waals surface area contributed by atoms with E-state index < -0.39 is 0 Å². The van der Waals surface area contributed by atoms with Gasteiger partial charge in [-0.1, -0.05) is 0 Å². The van der Waals surface area contributed by atoms with Crippen molar-refractivity contribution in [1.82, 2.24) is 9.80 Å². The summed E-state index contributed by atoms with van der Waals surface area (Å²) in [4.78, 5) is 4.65. The van der Waals surface area contributed by atoms with E-state index in [4.69, 9.17) is 4.74 Å². The Morgan fingerprint density at radius 1 is 1.00 bits per heavy atom. The molecule has 9 heavy (non-hydrogen) atoms. The molecule has 2 aliphatic rings. The molecule has 0 aromatic rings. The molecule has 2 unspecified atom stereocenters. The van der Waals surface area contributed by atoms with Gasteiger partial charge < -0.3 is 4.74 Å². The number of nitrogens with zero attached hydrogens (tertiary/aromatic N) is 2. The zero-order valence-corrected chi connectivity index (χ0v) is 5.55. The van der Waals surface area contributed by atoms with Gasteiger partial charge in [-0.3, -0.25) is 9.80 Å². The first-order chi connectivity index (χ1) is 4.45. The molecule has 2 saturated heterocycles. The Bertz CT molecular complexity index is 87.2. The van der Waals surface area contributed by atoms with Crippen molar-refractivity contribution in [2.24, 2.45) is 0 Å². The van der Waals surface area contributed by atoms with Crippen LogP contribution in [0.2, 0.25) is 0 Å². The summed E-state index contributed by atoms with van der Waals surface area (Å²) in [6, 6.07) is 0. The normalized spacial score (nSPS) is 42.7. The highest BCUT2D eigenvalue weighted by Crippen LogP contribution is 2.09. The van der Waals surface area contributed by atoms with Crippen molar-refractivity contribution in [2.75, 3.05) is 33.2 Å². The Kier molecular flexibility index (Phi) is 1.41. The van der Waals surface area contributed by atoms with Gasteiger partial charge in [-0.15, -0.1) is 0 Å². The Hall–Kier alpha value is -0.120. The van der Waals surface area contributed by atoms with E-state index in [1.165, 1.54) is 19.5 Å². The van der Waals surface area contributed by atoms with Crippen molar-refractivity contribution >= 4 is 0 Å². The van der Waals surface area contributed by atoms with E-state index in [-0.39, 0.29) is 0 Å². The first-order valence-electron chi connectivity index (χ1n) is 3.47. The lowest BCUT2D eigenvalue weighted by Crippen LogP contribution is -2.51. The molecule has 52 valence electrons. The van der Waals surface area contributed by atoms with Crippen molar-refractivity contribution < 1.29 is 4.74 Å². The summed E-state index contributed by atoms with van der Waals surface area (Å²) >= 11 is 0. The van der Waals surface area contributed by atoms with Crippen LogP contribution in [0.3, 0.4) is 0 Å². The Labute approximate surface area is 55.2 Å². The predicted molar refractivity (Wildman–Crippen MR) is 33.7 cm³/mol. The summed E-state index contributed by atoms with van der Waals surface area (Å²) in [6.07, 6.45) is 1.31. The van der Waals surface area contributed by atoms with Crippen LogP contribution in [0.4, 0.5) is 0 Å². The zero-order chi connectivity index (χ0) is 6.10. The second-order valence-electron chi connectivity index (χ2n) is 2.75. The lowest BCUT2D eigenvalue weighted by Gasteiger charge is -2.39. The summed E-state index contributed by atoms with van der Waals surface area (Å²) in [7, 11) is 0. The molecular formula is C6H12N2O. The summed E-state index contributed by atoms with van der Waals surface area (Å²) in [6.45, 7) is 5.25. The van der Waals surface area contributed by atoms with Crippen LogP contribution in [-0.2, 0) is 4.74 Å². The number of fused-ring (bicyclic) bond motifs is 2. The van der Waals surface area contributed by atoms with Crippen LogP contribution in [0.15, 0.2) is 0 Å². The highest BCUT2D eigenvalue weighted by atomic mass is 16.5. The van der Waals surface area contributed by atoms with Gasteiger partial charge in [0.05, 0.1) is 6.67 Å². The Morgan fingerprint density at radius 3 is 2.22 bits per heavy atom. The summed E-state index contributed by atoms with van der Waals surface area (Å²) < 4.78 is 5.29. The number of hydrogen-bond donors (Lipinski definition) is 0. The zero-order valence-electron chi connectivity index (χ0n) is 5.55. The lowest BCUT2D eigenvalue weighted by atomic mass is 10.3. The van der Waals surface area contributed by atoms with Crippen LogP contribution >= 0.6 is 0 Å². The van der Waals surface area contributed by atoms with Crippen molar-refractivity contribution in [3.8, 4) is 0 Å². The maximum absolute atomic E-state index is 5.29. The van der Waals surface area contributed by atoms with E-state index in [1.54, 1.807) is 0 Å². The molecule has 0 saturated carbocycles. The number of hydrogen-bond acceptors (Lipinski definition) is 3. The fourth-order valence-electron chi connectivity index (χ4n) is 1.45. The van der Waals surface area contributed by atoms with Gasteiger partial charge in [-0.05, 0) is 6.42 Å². The maximum Gasteiger partial charge on any atom is 0.102 e. The van der Waals surface area contributed by atoms with Crippen LogP contribution < -0.4 is 0 Å². The Balaban J connectivity index is 1.96. The third kappa shape index (κ3) is 1.08. The van der Waals surface area contributed by atoms with E-state index in [1.807, 2.05) is 0 Å². The second-order valence-corrected chi connectivity index (χ2v) is 2.75. The fraction of sp³-hybridized carbons (Fsp3) is 1.00. The third-order valence-electron chi connectivity index (χ3n) is 1.90. The van der Waals surface area contributed by atoms with Crippen LogP contribution in [0.5, 0.6) is 0 Å². The molecule has 3 nitrogen and oxygen atoms in total.